The van der Waals surface area contributed by atoms with Crippen LogP contribution in [0.3, 0.4) is 0 Å². The number of nitrogens with zero attached hydrogens (tertiary/aromatic N) is 1. The second-order valence-corrected chi connectivity index (χ2v) is 6.20. The van der Waals surface area contributed by atoms with Crippen LogP contribution in [0.15, 0.2) is 24.3 Å². The molecule has 6 heteroatoms. The summed E-state index contributed by atoms with van der Waals surface area (Å²) in [4.78, 5) is 0. The molecule has 20 heavy (non-hydrogen) atoms. The third-order valence-corrected chi connectivity index (χ3v) is 3.95. The van der Waals surface area contributed by atoms with E-state index in [1.54, 1.807) is 24.3 Å². The fraction of sp³-hybridized carbons (Fsp3) is 0.500. The summed E-state index contributed by atoms with van der Waals surface area (Å²) in [6.07, 6.45) is 1.59. The van der Waals surface area contributed by atoms with Crippen molar-refractivity contribution in [2.45, 2.75) is 25.5 Å². The Bertz CT molecular complexity index is 550. The maximum Gasteiger partial charge on any atom is 0.215 e. The van der Waals surface area contributed by atoms with Gasteiger partial charge in [0.25, 0.3) is 0 Å². The third-order valence-electron chi connectivity index (χ3n) is 2.62. The molecule has 1 N–H and O–H groups in total. The zero-order valence-corrected chi connectivity index (χ0v) is 12.4. The molecule has 0 aliphatic heterocycles. The van der Waals surface area contributed by atoms with Gasteiger partial charge in [-0.25, -0.2) is 13.1 Å². The zero-order valence-electron chi connectivity index (χ0n) is 11.6. The standard InChI is InChI=1S/C14H20N2O3S/c1-2-9-19-10-5-8-16-20(17,18)12-14-7-4-3-6-13(14)11-15/h3-4,6-7,16H,2,5,8-10,12H2,1H3. The molecule has 0 unspecified atom stereocenters. The maximum atomic E-state index is 11.9. The minimum absolute atomic E-state index is 0.174. The van der Waals surface area contributed by atoms with Crippen molar-refractivity contribution in [1.82, 2.24) is 4.72 Å². The van der Waals surface area contributed by atoms with Crippen LogP contribution in [0.4, 0.5) is 0 Å². The Hall–Kier alpha value is -1.42. The molecule has 0 aliphatic rings. The first-order valence-electron chi connectivity index (χ1n) is 6.62. The van der Waals surface area contributed by atoms with E-state index in [0.29, 0.717) is 37.3 Å². The number of hydrogen-bond donors (Lipinski definition) is 1. The summed E-state index contributed by atoms with van der Waals surface area (Å²) in [5.74, 6) is -0.174. The second-order valence-electron chi connectivity index (χ2n) is 4.39. The van der Waals surface area contributed by atoms with Gasteiger partial charge in [-0.05, 0) is 24.5 Å². The molecular weight excluding hydrogens is 276 g/mol. The summed E-state index contributed by atoms with van der Waals surface area (Å²) >= 11 is 0. The van der Waals surface area contributed by atoms with Gasteiger partial charge in [-0.1, -0.05) is 25.1 Å². The number of benzene rings is 1. The minimum atomic E-state index is -3.42. The zero-order chi connectivity index (χ0) is 14.8. The van der Waals surface area contributed by atoms with Gasteiger partial charge < -0.3 is 4.74 Å². The Morgan fingerprint density at radius 3 is 2.75 bits per heavy atom. The van der Waals surface area contributed by atoms with Crippen molar-refractivity contribution < 1.29 is 13.2 Å². The molecule has 5 nitrogen and oxygen atoms in total. The van der Waals surface area contributed by atoms with Crippen molar-refractivity contribution >= 4 is 10.0 Å². The molecule has 110 valence electrons. The molecule has 0 fully saturated rings. The monoisotopic (exact) mass is 296 g/mol. The summed E-state index contributed by atoms with van der Waals surface area (Å²) in [5.41, 5.74) is 0.911. The van der Waals surface area contributed by atoms with E-state index in [1.165, 1.54) is 0 Å². The van der Waals surface area contributed by atoms with E-state index in [2.05, 4.69) is 4.72 Å². The van der Waals surface area contributed by atoms with Crippen LogP contribution in [0.5, 0.6) is 0 Å². The summed E-state index contributed by atoms with van der Waals surface area (Å²) in [6, 6.07) is 8.71. The van der Waals surface area contributed by atoms with E-state index in [1.807, 2.05) is 13.0 Å². The molecule has 1 rings (SSSR count). The Balaban J connectivity index is 2.44. The van der Waals surface area contributed by atoms with Gasteiger partial charge in [0, 0.05) is 19.8 Å². The van der Waals surface area contributed by atoms with Crippen LogP contribution >= 0.6 is 0 Å². The molecule has 1 aromatic carbocycles. The van der Waals surface area contributed by atoms with E-state index >= 15 is 0 Å². The molecule has 0 atom stereocenters. The smallest absolute Gasteiger partial charge is 0.215 e. The summed E-state index contributed by atoms with van der Waals surface area (Å²) in [5, 5.41) is 8.93. The Morgan fingerprint density at radius 1 is 1.30 bits per heavy atom. The van der Waals surface area contributed by atoms with Crippen LogP contribution < -0.4 is 4.72 Å². The van der Waals surface area contributed by atoms with Gasteiger partial charge in [-0.3, -0.25) is 0 Å². The third kappa shape index (κ3) is 6.15. The van der Waals surface area contributed by atoms with Crippen LogP contribution in [0, 0.1) is 11.3 Å². The first-order valence-corrected chi connectivity index (χ1v) is 8.27. The van der Waals surface area contributed by atoms with Gasteiger partial charge in [0.2, 0.25) is 10.0 Å². The van der Waals surface area contributed by atoms with E-state index < -0.39 is 10.0 Å². The molecule has 0 saturated heterocycles. The molecule has 1 aromatic rings. The van der Waals surface area contributed by atoms with Crippen molar-refractivity contribution in [2.75, 3.05) is 19.8 Å². The number of hydrogen-bond acceptors (Lipinski definition) is 4. The highest BCUT2D eigenvalue weighted by Gasteiger charge is 2.13. The van der Waals surface area contributed by atoms with Crippen molar-refractivity contribution in [3.8, 4) is 6.07 Å². The molecule has 0 aliphatic carbocycles. The lowest BCUT2D eigenvalue weighted by Gasteiger charge is -2.08. The summed E-state index contributed by atoms with van der Waals surface area (Å²) in [7, 11) is -3.42. The summed E-state index contributed by atoms with van der Waals surface area (Å²) < 4.78 is 31.6. The molecule has 0 spiro atoms. The van der Waals surface area contributed by atoms with Crippen LogP contribution in [0.1, 0.15) is 30.9 Å². The normalized spacial score (nSPS) is 11.2. The lowest BCUT2D eigenvalue weighted by molar-refractivity contribution is 0.133. The van der Waals surface area contributed by atoms with Crippen LogP contribution in [-0.4, -0.2) is 28.2 Å². The number of sulfonamides is 1. The minimum Gasteiger partial charge on any atom is -0.381 e. The maximum absolute atomic E-state index is 11.9. The molecule has 0 heterocycles. The molecule has 0 aromatic heterocycles. The van der Waals surface area contributed by atoms with Gasteiger partial charge in [0.05, 0.1) is 17.4 Å². The SMILES string of the molecule is CCCOCCCNS(=O)(=O)Cc1ccccc1C#N. The van der Waals surface area contributed by atoms with Gasteiger partial charge in [0.15, 0.2) is 0 Å². The average molecular weight is 296 g/mol. The van der Waals surface area contributed by atoms with Gasteiger partial charge in [-0.2, -0.15) is 5.26 Å². The van der Waals surface area contributed by atoms with Crippen molar-refractivity contribution in [3.05, 3.63) is 35.4 Å². The molecule has 0 amide bonds. The topological polar surface area (TPSA) is 79.2 Å². The fourth-order valence-electron chi connectivity index (χ4n) is 1.66. The predicted octanol–water partition coefficient (Wildman–Crippen LogP) is 1.79. The first-order chi connectivity index (χ1) is 9.59. The van der Waals surface area contributed by atoms with Crippen molar-refractivity contribution in [3.63, 3.8) is 0 Å². The molecule has 0 saturated carbocycles. The van der Waals surface area contributed by atoms with Crippen LogP contribution in [0.25, 0.3) is 0 Å². The van der Waals surface area contributed by atoms with Crippen LogP contribution in [0.2, 0.25) is 0 Å². The number of rotatable bonds is 9. The lowest BCUT2D eigenvalue weighted by atomic mass is 10.1. The Labute approximate surface area is 120 Å². The van der Waals surface area contributed by atoms with Gasteiger partial charge in [-0.15, -0.1) is 0 Å². The van der Waals surface area contributed by atoms with E-state index in [9.17, 15) is 8.42 Å². The largest absolute Gasteiger partial charge is 0.381 e. The highest BCUT2D eigenvalue weighted by molar-refractivity contribution is 7.88. The molecular formula is C14H20N2O3S. The second kappa shape index (κ2) is 8.69. The average Bonchev–Trinajstić information content (AvgIpc) is 2.43. The Kier molecular flexibility index (Phi) is 7.23. The fourth-order valence-corrected chi connectivity index (χ4v) is 2.88. The van der Waals surface area contributed by atoms with E-state index in [0.717, 1.165) is 6.42 Å². The van der Waals surface area contributed by atoms with Crippen LogP contribution in [-0.2, 0) is 20.5 Å². The van der Waals surface area contributed by atoms with Gasteiger partial charge >= 0.3 is 0 Å². The van der Waals surface area contributed by atoms with E-state index in [4.69, 9.17) is 10.00 Å². The Morgan fingerprint density at radius 2 is 2.05 bits per heavy atom. The number of nitriles is 1. The number of nitrogens with one attached hydrogen (secondary N) is 1. The number of ether oxygens (including phenoxy) is 1. The van der Waals surface area contributed by atoms with Crippen molar-refractivity contribution in [1.29, 1.82) is 5.26 Å². The molecule has 0 bridgehead atoms. The quantitative estimate of drug-likeness (QED) is 0.705. The highest BCUT2D eigenvalue weighted by atomic mass is 32.2. The highest BCUT2D eigenvalue weighted by Crippen LogP contribution is 2.10. The van der Waals surface area contributed by atoms with E-state index in [-0.39, 0.29) is 5.75 Å². The van der Waals surface area contributed by atoms with Gasteiger partial charge in [0.1, 0.15) is 0 Å². The first kappa shape index (κ1) is 16.6. The predicted molar refractivity (Wildman–Crippen MR) is 77.5 cm³/mol. The molecule has 0 radical (unpaired) electrons. The van der Waals surface area contributed by atoms with Crippen molar-refractivity contribution in [2.24, 2.45) is 0 Å². The lowest BCUT2D eigenvalue weighted by Crippen LogP contribution is -2.27. The summed E-state index contributed by atoms with van der Waals surface area (Å²) in [6.45, 7) is 3.61.